The number of Topliss-reactive ketones (excluding diaryl/α,β-unsaturated/α-hetero) is 1. The lowest BCUT2D eigenvalue weighted by Crippen LogP contribution is -2.49. The van der Waals surface area contributed by atoms with E-state index in [2.05, 4.69) is 39.7 Å². The molecule has 0 N–H and O–H groups in total. The molecule has 7 nitrogen and oxygen atoms in total. The van der Waals surface area contributed by atoms with Crippen molar-refractivity contribution >= 4 is 11.7 Å². The van der Waals surface area contributed by atoms with Crippen molar-refractivity contribution in [2.24, 2.45) is 0 Å². The lowest BCUT2D eigenvalue weighted by Gasteiger charge is -2.33. The molecule has 1 aromatic carbocycles. The van der Waals surface area contributed by atoms with E-state index in [9.17, 15) is 9.59 Å². The highest BCUT2D eigenvalue weighted by molar-refractivity contribution is 5.99. The van der Waals surface area contributed by atoms with Gasteiger partial charge < -0.3 is 14.0 Å². The zero-order chi connectivity index (χ0) is 23.1. The normalized spacial score (nSPS) is 16.3. The number of benzene rings is 1. The molecule has 0 unspecified atom stereocenters. The number of fused-ring (bicyclic) bond motifs is 1. The van der Waals surface area contributed by atoms with Gasteiger partial charge in [-0.2, -0.15) is 0 Å². The van der Waals surface area contributed by atoms with Crippen molar-refractivity contribution in [1.29, 1.82) is 0 Å². The van der Waals surface area contributed by atoms with E-state index in [0.29, 0.717) is 38.4 Å². The molecule has 2 aliphatic rings. The van der Waals surface area contributed by atoms with E-state index in [1.807, 2.05) is 13.0 Å². The Bertz CT molecular complexity index is 1210. The summed E-state index contributed by atoms with van der Waals surface area (Å²) in [5.74, 6) is 0.261. The van der Waals surface area contributed by atoms with Crippen molar-refractivity contribution in [3.05, 3.63) is 69.9 Å². The summed E-state index contributed by atoms with van der Waals surface area (Å²) in [6.45, 7) is 8.71. The van der Waals surface area contributed by atoms with Crippen LogP contribution in [-0.4, -0.2) is 63.9 Å². The van der Waals surface area contributed by atoms with Crippen molar-refractivity contribution in [3.8, 4) is 5.69 Å². The van der Waals surface area contributed by atoms with Crippen LogP contribution in [0.5, 0.6) is 0 Å². The number of carbonyl (C=O) groups excluding carboxylic acids is 2. The van der Waals surface area contributed by atoms with Crippen LogP contribution in [-0.2, 0) is 12.8 Å². The Balaban J connectivity index is 1.25. The molecule has 1 fully saturated rings. The molecule has 1 amide bonds. The van der Waals surface area contributed by atoms with Gasteiger partial charge in [-0.25, -0.2) is 0 Å². The van der Waals surface area contributed by atoms with Gasteiger partial charge in [0.2, 0.25) is 5.76 Å². The molecule has 5 rings (SSSR count). The van der Waals surface area contributed by atoms with Crippen LogP contribution in [0.4, 0.5) is 0 Å². The number of ketones is 1. The number of hydrogen-bond donors (Lipinski definition) is 0. The van der Waals surface area contributed by atoms with E-state index in [4.69, 9.17) is 4.52 Å². The summed E-state index contributed by atoms with van der Waals surface area (Å²) in [7, 11) is 0. The SMILES string of the molecule is Cc1cc(C(=O)N2CCN(CC(=O)c3cc(C)n(-c4ccc5c(c4)CCC5)c3C)CC2)on1. The molecule has 1 aliphatic carbocycles. The Morgan fingerprint density at radius 2 is 1.73 bits per heavy atom. The predicted octanol–water partition coefficient (Wildman–Crippen LogP) is 3.52. The van der Waals surface area contributed by atoms with Crippen molar-refractivity contribution in [2.45, 2.75) is 40.0 Å². The Kier molecular flexibility index (Phi) is 5.66. The van der Waals surface area contributed by atoms with Gasteiger partial charge in [0.1, 0.15) is 0 Å². The van der Waals surface area contributed by atoms with Gasteiger partial charge in [0, 0.05) is 54.9 Å². The van der Waals surface area contributed by atoms with Crippen LogP contribution < -0.4 is 0 Å². The molecule has 172 valence electrons. The van der Waals surface area contributed by atoms with Crippen molar-refractivity contribution < 1.29 is 14.1 Å². The molecule has 1 aliphatic heterocycles. The van der Waals surface area contributed by atoms with Crippen molar-refractivity contribution in [1.82, 2.24) is 19.5 Å². The highest BCUT2D eigenvalue weighted by atomic mass is 16.5. The first kappa shape index (κ1) is 21.6. The van der Waals surface area contributed by atoms with E-state index >= 15 is 0 Å². The number of hydrogen-bond acceptors (Lipinski definition) is 5. The van der Waals surface area contributed by atoms with Crippen LogP contribution in [0.2, 0.25) is 0 Å². The molecule has 0 bridgehead atoms. The fraction of sp³-hybridized carbons (Fsp3) is 0.423. The van der Waals surface area contributed by atoms with Crippen LogP contribution in [0.25, 0.3) is 5.69 Å². The molecule has 0 radical (unpaired) electrons. The molecule has 3 heterocycles. The summed E-state index contributed by atoms with van der Waals surface area (Å²) in [5.41, 5.74) is 7.56. The highest BCUT2D eigenvalue weighted by Crippen LogP contribution is 2.27. The molecule has 3 aromatic rings. The zero-order valence-electron chi connectivity index (χ0n) is 19.6. The van der Waals surface area contributed by atoms with Crippen molar-refractivity contribution in [3.63, 3.8) is 0 Å². The molecule has 0 saturated carbocycles. The first-order valence-corrected chi connectivity index (χ1v) is 11.7. The number of nitrogens with zero attached hydrogens (tertiary/aromatic N) is 4. The minimum absolute atomic E-state index is 0.126. The number of amides is 1. The second kappa shape index (κ2) is 8.63. The van der Waals surface area contributed by atoms with Gasteiger partial charge in [-0.3, -0.25) is 14.5 Å². The first-order valence-electron chi connectivity index (χ1n) is 11.7. The van der Waals surface area contributed by atoms with Gasteiger partial charge in [0.25, 0.3) is 5.91 Å². The number of aryl methyl sites for hydroxylation is 4. The van der Waals surface area contributed by atoms with Crippen LogP contribution in [0.3, 0.4) is 0 Å². The Morgan fingerprint density at radius 1 is 0.970 bits per heavy atom. The summed E-state index contributed by atoms with van der Waals surface area (Å²) in [6, 6.07) is 10.4. The fourth-order valence-corrected chi connectivity index (χ4v) is 5.16. The second-order valence-corrected chi connectivity index (χ2v) is 9.25. The second-order valence-electron chi connectivity index (χ2n) is 9.25. The molecule has 1 saturated heterocycles. The van der Waals surface area contributed by atoms with Gasteiger partial charge in [0.05, 0.1) is 12.2 Å². The lowest BCUT2D eigenvalue weighted by molar-refractivity contribution is 0.0587. The molecule has 33 heavy (non-hydrogen) atoms. The molecule has 0 atom stereocenters. The Morgan fingerprint density at radius 3 is 2.45 bits per heavy atom. The molecule has 0 spiro atoms. The smallest absolute Gasteiger partial charge is 0.292 e. The summed E-state index contributed by atoms with van der Waals surface area (Å²) in [4.78, 5) is 29.6. The third-order valence-electron chi connectivity index (χ3n) is 6.94. The topological polar surface area (TPSA) is 71.6 Å². The average molecular weight is 447 g/mol. The molecular formula is C26H30N4O3. The monoisotopic (exact) mass is 446 g/mol. The van der Waals surface area contributed by atoms with E-state index in [-0.39, 0.29) is 17.5 Å². The van der Waals surface area contributed by atoms with Crippen LogP contribution in [0, 0.1) is 20.8 Å². The zero-order valence-corrected chi connectivity index (χ0v) is 19.6. The Hall–Kier alpha value is -3.19. The predicted molar refractivity (Wildman–Crippen MR) is 125 cm³/mol. The van der Waals surface area contributed by atoms with Gasteiger partial charge in [-0.15, -0.1) is 0 Å². The number of aromatic nitrogens is 2. The number of rotatable bonds is 5. The lowest BCUT2D eigenvalue weighted by atomic mass is 10.1. The highest BCUT2D eigenvalue weighted by Gasteiger charge is 2.27. The minimum atomic E-state index is -0.139. The molecule has 2 aromatic heterocycles. The van der Waals surface area contributed by atoms with E-state index < -0.39 is 0 Å². The van der Waals surface area contributed by atoms with E-state index in [0.717, 1.165) is 29.1 Å². The van der Waals surface area contributed by atoms with Crippen LogP contribution >= 0.6 is 0 Å². The van der Waals surface area contributed by atoms with Gasteiger partial charge in [-0.1, -0.05) is 11.2 Å². The fourth-order valence-electron chi connectivity index (χ4n) is 5.16. The maximum Gasteiger partial charge on any atom is 0.292 e. The van der Waals surface area contributed by atoms with Crippen LogP contribution in [0.1, 0.15) is 55.5 Å². The van der Waals surface area contributed by atoms with Gasteiger partial charge >= 0.3 is 0 Å². The largest absolute Gasteiger partial charge is 0.351 e. The minimum Gasteiger partial charge on any atom is -0.351 e. The molecular weight excluding hydrogens is 416 g/mol. The van der Waals surface area contributed by atoms with E-state index in [1.54, 1.807) is 17.9 Å². The third kappa shape index (κ3) is 4.13. The number of carbonyl (C=O) groups is 2. The van der Waals surface area contributed by atoms with Gasteiger partial charge in [-0.05, 0) is 69.4 Å². The average Bonchev–Trinajstić information content (AvgIpc) is 3.52. The summed E-state index contributed by atoms with van der Waals surface area (Å²) >= 11 is 0. The van der Waals surface area contributed by atoms with Gasteiger partial charge in [0.15, 0.2) is 5.78 Å². The Labute approximate surface area is 194 Å². The maximum absolute atomic E-state index is 13.2. The van der Waals surface area contributed by atoms with Crippen molar-refractivity contribution in [2.75, 3.05) is 32.7 Å². The summed E-state index contributed by atoms with van der Waals surface area (Å²) in [5, 5.41) is 3.80. The van der Waals surface area contributed by atoms with Crippen LogP contribution in [0.15, 0.2) is 34.9 Å². The third-order valence-corrected chi connectivity index (χ3v) is 6.94. The molecule has 7 heteroatoms. The first-order chi connectivity index (χ1) is 15.9. The number of piperazine rings is 1. The summed E-state index contributed by atoms with van der Waals surface area (Å²) < 4.78 is 7.30. The quantitative estimate of drug-likeness (QED) is 0.561. The standard InChI is InChI=1S/C26H30N4O3/c1-17-13-25(33-27-17)26(32)29-11-9-28(10-12-29)16-24(31)23-14-18(2)30(19(23)3)22-8-7-20-5-4-6-21(20)15-22/h7-8,13-15H,4-6,9-12,16H2,1-3H3. The maximum atomic E-state index is 13.2. The van der Waals surface area contributed by atoms with E-state index in [1.165, 1.54) is 24.0 Å². The summed E-state index contributed by atoms with van der Waals surface area (Å²) in [6.07, 6.45) is 3.53.